The Balaban J connectivity index is 1.38. The van der Waals surface area contributed by atoms with Crippen LogP contribution in [0.3, 0.4) is 0 Å². The van der Waals surface area contributed by atoms with E-state index in [0.717, 1.165) is 27.8 Å². The highest BCUT2D eigenvalue weighted by Crippen LogP contribution is 2.34. The normalized spacial score (nSPS) is 14.4. The van der Waals surface area contributed by atoms with Gasteiger partial charge in [-0.15, -0.1) is 0 Å². The Labute approximate surface area is 207 Å². The van der Waals surface area contributed by atoms with E-state index in [-0.39, 0.29) is 23.0 Å². The fourth-order valence-corrected chi connectivity index (χ4v) is 4.66. The highest BCUT2D eigenvalue weighted by Gasteiger charge is 2.28. The number of aryl methyl sites for hydroxylation is 1. The van der Waals surface area contributed by atoms with E-state index in [1.807, 2.05) is 31.2 Å². The van der Waals surface area contributed by atoms with Gasteiger partial charge in [-0.3, -0.25) is 9.59 Å². The van der Waals surface area contributed by atoms with Gasteiger partial charge in [0.25, 0.3) is 11.8 Å². The molecule has 0 radical (unpaired) electrons. The highest BCUT2D eigenvalue weighted by atomic mass is 16.4. The summed E-state index contributed by atoms with van der Waals surface area (Å²) in [7, 11) is 0. The van der Waals surface area contributed by atoms with Crippen molar-refractivity contribution >= 4 is 23.4 Å². The lowest BCUT2D eigenvalue weighted by atomic mass is 9.98. The number of nitrogens with one attached hydrogen (secondary N) is 2. The van der Waals surface area contributed by atoms with Crippen LogP contribution in [0.5, 0.6) is 0 Å². The summed E-state index contributed by atoms with van der Waals surface area (Å²) >= 11 is 0. The molecular weight excluding hydrogens is 458 g/mol. The molecular formula is C27H25N5O4. The molecule has 1 atom stereocenters. The van der Waals surface area contributed by atoms with Crippen molar-refractivity contribution in [2.24, 2.45) is 0 Å². The summed E-state index contributed by atoms with van der Waals surface area (Å²) in [6.45, 7) is 4.13. The van der Waals surface area contributed by atoms with Crippen molar-refractivity contribution in [1.29, 1.82) is 0 Å². The number of carboxylic acids is 1. The zero-order chi connectivity index (χ0) is 25.4. The van der Waals surface area contributed by atoms with E-state index in [4.69, 9.17) is 0 Å². The first-order valence-electron chi connectivity index (χ1n) is 11.7. The van der Waals surface area contributed by atoms with Gasteiger partial charge < -0.3 is 15.7 Å². The van der Waals surface area contributed by atoms with Gasteiger partial charge in [-0.25, -0.2) is 14.3 Å². The Morgan fingerprint density at radius 3 is 2.58 bits per heavy atom. The molecule has 9 heteroatoms. The number of carbonyl (C=O) groups is 3. The Bertz CT molecular complexity index is 1510. The first kappa shape index (κ1) is 23.2. The van der Waals surface area contributed by atoms with E-state index in [2.05, 4.69) is 20.7 Å². The number of rotatable bonds is 6. The van der Waals surface area contributed by atoms with Gasteiger partial charge in [-0.1, -0.05) is 35.9 Å². The van der Waals surface area contributed by atoms with Crippen LogP contribution in [0.4, 0.5) is 0 Å². The number of nitrogens with zero attached hydrogens (tertiary/aromatic N) is 3. The van der Waals surface area contributed by atoms with Gasteiger partial charge in [0, 0.05) is 18.7 Å². The van der Waals surface area contributed by atoms with Crippen LogP contribution >= 0.6 is 0 Å². The molecule has 1 aliphatic rings. The minimum Gasteiger partial charge on any atom is -0.478 e. The maximum absolute atomic E-state index is 13.3. The predicted octanol–water partition coefficient (Wildman–Crippen LogP) is 3.39. The van der Waals surface area contributed by atoms with E-state index in [9.17, 15) is 19.5 Å². The fraction of sp³-hybridized carbons (Fsp3) is 0.222. The molecule has 0 aliphatic heterocycles. The van der Waals surface area contributed by atoms with Crippen molar-refractivity contribution in [1.82, 2.24) is 25.2 Å². The summed E-state index contributed by atoms with van der Waals surface area (Å²) in [6.07, 6.45) is 2.85. The Morgan fingerprint density at radius 2 is 1.83 bits per heavy atom. The maximum atomic E-state index is 13.3. The third-order valence-corrected chi connectivity index (χ3v) is 6.63. The van der Waals surface area contributed by atoms with Gasteiger partial charge in [0.1, 0.15) is 11.4 Å². The lowest BCUT2D eigenvalue weighted by Gasteiger charge is -2.16. The number of aromatic carboxylic acids is 1. The van der Waals surface area contributed by atoms with Crippen molar-refractivity contribution < 1.29 is 19.5 Å². The highest BCUT2D eigenvalue weighted by molar-refractivity contribution is 5.98. The molecule has 0 saturated heterocycles. The third-order valence-electron chi connectivity index (χ3n) is 6.63. The molecule has 2 aromatic heterocycles. The van der Waals surface area contributed by atoms with Gasteiger partial charge in [-0.05, 0) is 55.0 Å². The standard InChI is InChI=1S/C27H25N5O4/c1-15-3-5-17(6-4-15)14-28-25(33)22-13-23(32-24(30-22)11-12-29-32)26(34)31-21-10-9-18-16(2)19(27(35)36)7-8-20(18)21/h3-8,11-13,21H,9-10,14H2,1-2H3,(H,28,33)(H,31,34)(H,35,36)/t21-/m0/s1. The van der Waals surface area contributed by atoms with Crippen LogP contribution in [0.2, 0.25) is 0 Å². The molecule has 3 N–H and O–H groups in total. The van der Waals surface area contributed by atoms with E-state index >= 15 is 0 Å². The fourth-order valence-electron chi connectivity index (χ4n) is 4.66. The second-order valence-corrected chi connectivity index (χ2v) is 8.97. The van der Waals surface area contributed by atoms with Gasteiger partial charge in [0.05, 0.1) is 17.8 Å². The van der Waals surface area contributed by atoms with Gasteiger partial charge in [-0.2, -0.15) is 5.10 Å². The third kappa shape index (κ3) is 4.31. The molecule has 4 aromatic rings. The molecule has 182 valence electrons. The van der Waals surface area contributed by atoms with Crippen molar-refractivity contribution in [3.05, 3.63) is 99.5 Å². The van der Waals surface area contributed by atoms with Crippen molar-refractivity contribution in [3.8, 4) is 0 Å². The second kappa shape index (κ2) is 9.26. The van der Waals surface area contributed by atoms with Crippen molar-refractivity contribution in [3.63, 3.8) is 0 Å². The predicted molar refractivity (Wildman–Crippen MR) is 132 cm³/mol. The van der Waals surface area contributed by atoms with Gasteiger partial charge >= 0.3 is 5.97 Å². The summed E-state index contributed by atoms with van der Waals surface area (Å²) in [6, 6.07) is 14.0. The SMILES string of the molecule is Cc1ccc(CNC(=O)c2cc(C(=O)N[C@H]3CCc4c3ccc(C(=O)O)c4C)n3nccc3n2)cc1. The van der Waals surface area contributed by atoms with Crippen LogP contribution < -0.4 is 10.6 Å². The average molecular weight is 484 g/mol. The average Bonchev–Trinajstić information content (AvgIpc) is 3.50. The van der Waals surface area contributed by atoms with Crippen molar-refractivity contribution in [2.45, 2.75) is 39.3 Å². The molecule has 0 bridgehead atoms. The first-order chi connectivity index (χ1) is 17.3. The van der Waals surface area contributed by atoms with Crippen LogP contribution in [-0.2, 0) is 13.0 Å². The molecule has 0 fully saturated rings. The van der Waals surface area contributed by atoms with E-state index in [1.165, 1.54) is 16.8 Å². The topological polar surface area (TPSA) is 126 Å². The van der Waals surface area contributed by atoms with Crippen LogP contribution in [0.15, 0.2) is 54.7 Å². The number of hydrogen-bond donors (Lipinski definition) is 3. The van der Waals surface area contributed by atoms with E-state index in [0.29, 0.717) is 25.0 Å². The number of amides is 2. The number of carbonyl (C=O) groups excluding carboxylic acids is 2. The van der Waals surface area contributed by atoms with Crippen LogP contribution in [0.25, 0.3) is 5.65 Å². The van der Waals surface area contributed by atoms with Crippen LogP contribution in [-0.4, -0.2) is 37.5 Å². The Kier molecular flexibility index (Phi) is 5.97. The molecule has 2 amide bonds. The molecule has 5 rings (SSSR count). The summed E-state index contributed by atoms with van der Waals surface area (Å²) in [5.74, 6) is -1.75. The minimum atomic E-state index is -0.964. The second-order valence-electron chi connectivity index (χ2n) is 8.97. The van der Waals surface area contributed by atoms with Gasteiger partial charge in [0.15, 0.2) is 5.65 Å². The number of benzene rings is 2. The summed E-state index contributed by atoms with van der Waals surface area (Å²) in [5, 5.41) is 19.5. The number of aromatic nitrogens is 3. The number of carboxylic acid groups (broad SMARTS) is 1. The first-order valence-corrected chi connectivity index (χ1v) is 11.7. The minimum absolute atomic E-state index is 0.119. The molecule has 2 aromatic carbocycles. The monoisotopic (exact) mass is 483 g/mol. The molecule has 1 aliphatic carbocycles. The lowest BCUT2D eigenvalue weighted by molar-refractivity contribution is 0.0695. The number of fused-ring (bicyclic) bond motifs is 2. The molecule has 36 heavy (non-hydrogen) atoms. The molecule has 0 spiro atoms. The zero-order valence-corrected chi connectivity index (χ0v) is 19.9. The number of hydrogen-bond acceptors (Lipinski definition) is 5. The lowest BCUT2D eigenvalue weighted by Crippen LogP contribution is -2.30. The maximum Gasteiger partial charge on any atom is 0.335 e. The summed E-state index contributed by atoms with van der Waals surface area (Å²) < 4.78 is 1.40. The molecule has 0 saturated carbocycles. The molecule has 2 heterocycles. The smallest absolute Gasteiger partial charge is 0.335 e. The zero-order valence-electron chi connectivity index (χ0n) is 19.9. The quantitative estimate of drug-likeness (QED) is 0.386. The van der Waals surface area contributed by atoms with Crippen LogP contribution in [0, 0.1) is 13.8 Å². The summed E-state index contributed by atoms with van der Waals surface area (Å²) in [4.78, 5) is 42.1. The largest absolute Gasteiger partial charge is 0.478 e. The Hall–Kier alpha value is -4.53. The van der Waals surface area contributed by atoms with Gasteiger partial charge in [0.2, 0.25) is 0 Å². The van der Waals surface area contributed by atoms with Crippen molar-refractivity contribution in [2.75, 3.05) is 0 Å². The molecule has 0 unspecified atom stereocenters. The molecule has 9 nitrogen and oxygen atoms in total. The van der Waals surface area contributed by atoms with E-state index < -0.39 is 17.8 Å². The van der Waals surface area contributed by atoms with Crippen LogP contribution in [0.1, 0.15) is 71.6 Å². The summed E-state index contributed by atoms with van der Waals surface area (Å²) in [5.41, 5.74) is 5.65. The van der Waals surface area contributed by atoms with E-state index in [1.54, 1.807) is 25.1 Å². The Morgan fingerprint density at radius 1 is 1.06 bits per heavy atom.